The standard InChI is InChI=1S/C30H36O2/c1-5-6-7-8-24-9-11-25(12-10-24)26-15-16-30(23(4)17-26)27-13-14-28(19-31)29(18-27)21-32-20-22(2)3/h9-18,20,31H,5-8,19,21H2,1-4H3. The van der Waals surface area contributed by atoms with Gasteiger partial charge in [-0.1, -0.05) is 74.4 Å². The van der Waals surface area contributed by atoms with Crippen LogP contribution in [-0.2, 0) is 24.4 Å². The molecule has 168 valence electrons. The largest absolute Gasteiger partial charge is 0.497 e. The Kier molecular flexibility index (Phi) is 8.70. The summed E-state index contributed by atoms with van der Waals surface area (Å²) < 4.78 is 5.69. The monoisotopic (exact) mass is 428 g/mol. The van der Waals surface area contributed by atoms with Gasteiger partial charge in [0.25, 0.3) is 0 Å². The minimum Gasteiger partial charge on any atom is -0.497 e. The van der Waals surface area contributed by atoms with Crippen molar-refractivity contribution in [2.45, 2.75) is 66.6 Å². The van der Waals surface area contributed by atoms with E-state index in [0.29, 0.717) is 6.61 Å². The first-order valence-corrected chi connectivity index (χ1v) is 11.7. The van der Waals surface area contributed by atoms with Gasteiger partial charge in [-0.05, 0) is 89.8 Å². The summed E-state index contributed by atoms with van der Waals surface area (Å²) in [7, 11) is 0. The molecule has 0 fully saturated rings. The minimum atomic E-state index is 0.0140. The van der Waals surface area contributed by atoms with Crippen molar-refractivity contribution in [1.29, 1.82) is 0 Å². The molecule has 0 aliphatic carbocycles. The van der Waals surface area contributed by atoms with E-state index in [9.17, 15) is 5.11 Å². The van der Waals surface area contributed by atoms with E-state index >= 15 is 0 Å². The van der Waals surface area contributed by atoms with Crippen molar-refractivity contribution in [1.82, 2.24) is 0 Å². The number of hydrogen-bond acceptors (Lipinski definition) is 2. The first-order valence-electron chi connectivity index (χ1n) is 11.7. The number of aryl methyl sites for hydroxylation is 2. The molecule has 0 saturated heterocycles. The van der Waals surface area contributed by atoms with Crippen molar-refractivity contribution in [3.05, 3.63) is 94.8 Å². The molecular formula is C30H36O2. The van der Waals surface area contributed by atoms with Gasteiger partial charge in [0.1, 0.15) is 6.61 Å². The maximum atomic E-state index is 9.71. The van der Waals surface area contributed by atoms with Crippen LogP contribution in [0.5, 0.6) is 0 Å². The van der Waals surface area contributed by atoms with Crippen LogP contribution in [0.1, 0.15) is 62.3 Å². The molecule has 3 rings (SSSR count). The van der Waals surface area contributed by atoms with Crippen LogP contribution in [0.4, 0.5) is 0 Å². The molecule has 0 unspecified atom stereocenters. The quantitative estimate of drug-likeness (QED) is 0.262. The van der Waals surface area contributed by atoms with Gasteiger partial charge in [-0.15, -0.1) is 0 Å². The van der Waals surface area contributed by atoms with Crippen molar-refractivity contribution in [2.75, 3.05) is 0 Å². The SMILES string of the molecule is CCCCCc1ccc(-c2ccc(-c3ccc(CO)c(COC=C(C)C)c3)c(C)c2)cc1. The van der Waals surface area contributed by atoms with Crippen molar-refractivity contribution in [3.63, 3.8) is 0 Å². The summed E-state index contributed by atoms with van der Waals surface area (Å²) in [5.74, 6) is 0. The number of ether oxygens (including phenoxy) is 1. The second-order valence-corrected chi connectivity index (χ2v) is 8.83. The highest BCUT2D eigenvalue weighted by Crippen LogP contribution is 2.30. The lowest BCUT2D eigenvalue weighted by atomic mass is 9.93. The number of allylic oxidation sites excluding steroid dienone is 1. The number of benzene rings is 3. The zero-order valence-corrected chi connectivity index (χ0v) is 19.9. The van der Waals surface area contributed by atoms with Gasteiger partial charge in [0.2, 0.25) is 0 Å². The van der Waals surface area contributed by atoms with Crippen molar-refractivity contribution < 1.29 is 9.84 Å². The van der Waals surface area contributed by atoms with E-state index in [4.69, 9.17) is 4.74 Å². The van der Waals surface area contributed by atoms with Crippen molar-refractivity contribution in [3.8, 4) is 22.3 Å². The second-order valence-electron chi connectivity index (χ2n) is 8.83. The average Bonchev–Trinajstić information content (AvgIpc) is 2.79. The maximum Gasteiger partial charge on any atom is 0.113 e. The van der Waals surface area contributed by atoms with Crippen LogP contribution in [0.25, 0.3) is 22.3 Å². The highest BCUT2D eigenvalue weighted by atomic mass is 16.5. The lowest BCUT2D eigenvalue weighted by Gasteiger charge is -2.13. The smallest absolute Gasteiger partial charge is 0.113 e. The third-order valence-corrected chi connectivity index (χ3v) is 5.83. The molecule has 0 bridgehead atoms. The topological polar surface area (TPSA) is 29.5 Å². The summed E-state index contributed by atoms with van der Waals surface area (Å²) in [6.45, 7) is 8.89. The molecule has 0 aliphatic heterocycles. The third kappa shape index (κ3) is 6.34. The average molecular weight is 429 g/mol. The molecule has 3 aromatic rings. The highest BCUT2D eigenvalue weighted by Gasteiger charge is 2.09. The van der Waals surface area contributed by atoms with E-state index in [1.54, 1.807) is 6.26 Å². The molecule has 2 heteroatoms. The Balaban J connectivity index is 1.81. The van der Waals surface area contributed by atoms with Crippen LogP contribution in [0.3, 0.4) is 0 Å². The second kappa shape index (κ2) is 11.7. The summed E-state index contributed by atoms with van der Waals surface area (Å²) >= 11 is 0. The third-order valence-electron chi connectivity index (χ3n) is 5.83. The predicted octanol–water partition coefficient (Wildman–Crippen LogP) is 7.99. The number of aliphatic hydroxyl groups is 1. The molecule has 1 N–H and O–H groups in total. The normalized spacial score (nSPS) is 10.8. The molecule has 32 heavy (non-hydrogen) atoms. The Morgan fingerprint density at radius 1 is 0.844 bits per heavy atom. The number of unbranched alkanes of at least 4 members (excludes halogenated alkanes) is 2. The lowest BCUT2D eigenvalue weighted by molar-refractivity contribution is 0.226. The fourth-order valence-electron chi connectivity index (χ4n) is 3.99. The first-order chi connectivity index (χ1) is 15.5. The summed E-state index contributed by atoms with van der Waals surface area (Å²) in [5.41, 5.74) is 10.5. The number of aliphatic hydroxyl groups excluding tert-OH is 1. The van der Waals surface area contributed by atoms with Crippen LogP contribution >= 0.6 is 0 Å². The first kappa shape index (κ1) is 23.8. The van der Waals surface area contributed by atoms with Crippen LogP contribution in [0, 0.1) is 6.92 Å². The fraction of sp³-hybridized carbons (Fsp3) is 0.333. The van der Waals surface area contributed by atoms with Crippen LogP contribution in [0.15, 0.2) is 72.5 Å². The molecule has 0 aliphatic rings. The van der Waals surface area contributed by atoms with Crippen LogP contribution < -0.4 is 0 Å². The van der Waals surface area contributed by atoms with Gasteiger partial charge in [0.15, 0.2) is 0 Å². The Hall–Kier alpha value is -2.84. The highest BCUT2D eigenvalue weighted by molar-refractivity contribution is 5.74. The molecular weight excluding hydrogens is 392 g/mol. The summed E-state index contributed by atoms with van der Waals surface area (Å²) in [6.07, 6.45) is 6.75. The molecule has 0 saturated carbocycles. The summed E-state index contributed by atoms with van der Waals surface area (Å²) in [5, 5.41) is 9.71. The van der Waals surface area contributed by atoms with Crippen molar-refractivity contribution >= 4 is 0 Å². The fourth-order valence-corrected chi connectivity index (χ4v) is 3.99. The number of hydrogen-bond donors (Lipinski definition) is 1. The molecule has 0 atom stereocenters. The zero-order chi connectivity index (χ0) is 22.9. The predicted molar refractivity (Wildman–Crippen MR) is 135 cm³/mol. The van der Waals surface area contributed by atoms with E-state index in [-0.39, 0.29) is 6.61 Å². The van der Waals surface area contributed by atoms with E-state index < -0.39 is 0 Å². The molecule has 2 nitrogen and oxygen atoms in total. The van der Waals surface area contributed by atoms with Gasteiger partial charge in [0.05, 0.1) is 12.9 Å². The Morgan fingerprint density at radius 2 is 1.56 bits per heavy atom. The molecule has 0 radical (unpaired) electrons. The van der Waals surface area contributed by atoms with Gasteiger partial charge in [-0.2, -0.15) is 0 Å². The molecule has 0 spiro atoms. The van der Waals surface area contributed by atoms with Crippen LogP contribution in [0.2, 0.25) is 0 Å². The summed E-state index contributed by atoms with van der Waals surface area (Å²) in [4.78, 5) is 0. The minimum absolute atomic E-state index is 0.0140. The maximum absolute atomic E-state index is 9.71. The molecule has 0 amide bonds. The Morgan fingerprint density at radius 3 is 2.22 bits per heavy atom. The zero-order valence-electron chi connectivity index (χ0n) is 19.9. The van der Waals surface area contributed by atoms with Gasteiger partial charge < -0.3 is 9.84 Å². The lowest BCUT2D eigenvalue weighted by Crippen LogP contribution is -1.97. The van der Waals surface area contributed by atoms with Gasteiger partial charge in [-0.25, -0.2) is 0 Å². The van der Waals surface area contributed by atoms with Crippen LogP contribution in [-0.4, -0.2) is 5.11 Å². The van der Waals surface area contributed by atoms with E-state index in [1.807, 2.05) is 19.9 Å². The van der Waals surface area contributed by atoms with E-state index in [0.717, 1.165) is 28.7 Å². The molecule has 0 aromatic heterocycles. The summed E-state index contributed by atoms with van der Waals surface area (Å²) in [6, 6.07) is 21.9. The Bertz CT molecular complexity index is 1040. The van der Waals surface area contributed by atoms with Crippen molar-refractivity contribution in [2.24, 2.45) is 0 Å². The molecule has 0 heterocycles. The van der Waals surface area contributed by atoms with Gasteiger partial charge in [-0.3, -0.25) is 0 Å². The Labute approximate surface area is 193 Å². The van der Waals surface area contributed by atoms with E-state index in [2.05, 4.69) is 68.4 Å². The van der Waals surface area contributed by atoms with Gasteiger partial charge in [0, 0.05) is 0 Å². The van der Waals surface area contributed by atoms with Gasteiger partial charge >= 0.3 is 0 Å². The van der Waals surface area contributed by atoms with E-state index in [1.165, 1.54) is 47.1 Å². The number of rotatable bonds is 10. The molecule has 3 aromatic carbocycles.